The third kappa shape index (κ3) is 6.09. The Balaban J connectivity index is 1.76. The minimum Gasteiger partial charge on any atom is -0.457 e. The molecule has 1 aromatic heterocycles. The van der Waals surface area contributed by atoms with E-state index in [4.69, 9.17) is 4.74 Å². The van der Waals surface area contributed by atoms with Gasteiger partial charge < -0.3 is 10.1 Å². The van der Waals surface area contributed by atoms with E-state index in [2.05, 4.69) is 10.3 Å². The summed E-state index contributed by atoms with van der Waals surface area (Å²) in [5, 5.41) is 2.68. The molecule has 3 aromatic carbocycles. The highest BCUT2D eigenvalue weighted by molar-refractivity contribution is 5.92. The molecular weight excluding hydrogens is 476 g/mol. The quantitative estimate of drug-likeness (QED) is 0.305. The van der Waals surface area contributed by atoms with E-state index < -0.39 is 17.2 Å². The molecule has 0 aliphatic heterocycles. The van der Waals surface area contributed by atoms with Gasteiger partial charge >= 0.3 is 0 Å². The molecule has 6 nitrogen and oxygen atoms in total. The average molecular weight is 504 g/mol. The largest absolute Gasteiger partial charge is 0.457 e. The van der Waals surface area contributed by atoms with Gasteiger partial charge in [-0.15, -0.1) is 0 Å². The number of rotatable bonds is 8. The van der Waals surface area contributed by atoms with E-state index in [1.807, 2.05) is 38.1 Å². The second-order valence-corrected chi connectivity index (χ2v) is 8.85. The number of amides is 1. The van der Waals surface area contributed by atoms with Crippen LogP contribution in [-0.4, -0.2) is 15.5 Å². The molecule has 0 saturated heterocycles. The topological polar surface area (TPSA) is 73.2 Å². The van der Waals surface area contributed by atoms with Gasteiger partial charge in [0, 0.05) is 17.5 Å². The summed E-state index contributed by atoms with van der Waals surface area (Å²) in [5.74, 6) is -0.614. The van der Waals surface area contributed by atoms with Crippen LogP contribution in [0.3, 0.4) is 0 Å². The molecule has 0 fully saturated rings. The molecular formula is C29H27F2N3O3. The van der Waals surface area contributed by atoms with Gasteiger partial charge in [0.1, 0.15) is 34.6 Å². The van der Waals surface area contributed by atoms with Crippen LogP contribution in [0.25, 0.3) is 11.4 Å². The molecule has 37 heavy (non-hydrogen) atoms. The Morgan fingerprint density at radius 2 is 1.76 bits per heavy atom. The van der Waals surface area contributed by atoms with Crippen LogP contribution >= 0.6 is 0 Å². The van der Waals surface area contributed by atoms with Crippen LogP contribution in [0, 0.1) is 24.5 Å². The number of halogens is 2. The molecule has 0 radical (unpaired) electrons. The van der Waals surface area contributed by atoms with E-state index in [9.17, 15) is 18.4 Å². The van der Waals surface area contributed by atoms with Gasteiger partial charge in [-0.2, -0.15) is 0 Å². The molecule has 0 unspecified atom stereocenters. The molecule has 190 valence electrons. The molecule has 8 heteroatoms. The van der Waals surface area contributed by atoms with Gasteiger partial charge in [-0.05, 0) is 60.9 Å². The zero-order valence-electron chi connectivity index (χ0n) is 20.8. The monoisotopic (exact) mass is 503 g/mol. The lowest BCUT2D eigenvalue weighted by molar-refractivity contribution is -0.119. The van der Waals surface area contributed by atoms with Crippen molar-refractivity contribution in [1.29, 1.82) is 0 Å². The number of hydrogen-bond acceptors (Lipinski definition) is 4. The summed E-state index contributed by atoms with van der Waals surface area (Å²) in [5.41, 5.74) is 1.66. The molecule has 0 spiro atoms. The number of benzene rings is 3. The van der Waals surface area contributed by atoms with E-state index in [0.29, 0.717) is 23.6 Å². The number of ether oxygens (including phenoxy) is 1. The summed E-state index contributed by atoms with van der Waals surface area (Å²) in [6.45, 7) is 5.54. The summed E-state index contributed by atoms with van der Waals surface area (Å²) in [6.07, 6.45) is 1.98. The van der Waals surface area contributed by atoms with Crippen molar-refractivity contribution in [2.24, 2.45) is 5.92 Å². The van der Waals surface area contributed by atoms with Crippen molar-refractivity contribution in [3.05, 3.63) is 106 Å². The first-order valence-electron chi connectivity index (χ1n) is 11.9. The predicted octanol–water partition coefficient (Wildman–Crippen LogP) is 6.32. The highest BCUT2D eigenvalue weighted by Crippen LogP contribution is 2.26. The Labute approximate surface area is 213 Å². The van der Waals surface area contributed by atoms with Crippen LogP contribution in [-0.2, 0) is 11.3 Å². The maximum atomic E-state index is 14.6. The highest BCUT2D eigenvalue weighted by Gasteiger charge is 2.18. The fraction of sp³-hybridized carbons (Fsp3) is 0.207. The van der Waals surface area contributed by atoms with Crippen LogP contribution in [0.2, 0.25) is 0 Å². The van der Waals surface area contributed by atoms with Gasteiger partial charge in [0.15, 0.2) is 0 Å². The molecule has 1 N–H and O–H groups in total. The average Bonchev–Trinajstić information content (AvgIpc) is 2.87. The van der Waals surface area contributed by atoms with Crippen LogP contribution < -0.4 is 15.6 Å². The van der Waals surface area contributed by atoms with Crippen molar-refractivity contribution in [3.63, 3.8) is 0 Å². The summed E-state index contributed by atoms with van der Waals surface area (Å²) in [4.78, 5) is 30.6. The van der Waals surface area contributed by atoms with Crippen molar-refractivity contribution < 1.29 is 18.3 Å². The number of nitrogens with zero attached hydrogens (tertiary/aromatic N) is 2. The molecule has 4 rings (SSSR count). The molecule has 4 aromatic rings. The second-order valence-electron chi connectivity index (χ2n) is 8.85. The van der Waals surface area contributed by atoms with Crippen molar-refractivity contribution >= 4 is 11.6 Å². The number of nitrogens with one attached hydrogen (secondary N) is 1. The third-order valence-electron chi connectivity index (χ3n) is 6.07. The SMILES string of the molecule is CC[C@@H](C)C(=O)Nc1cnc(-c2ccccc2C)n(Cc2cc(F)cc(Oc3ccc(F)cc3)c2)c1=O. The number of anilines is 1. The normalized spacial score (nSPS) is 11.7. The lowest BCUT2D eigenvalue weighted by atomic mass is 10.1. The summed E-state index contributed by atoms with van der Waals surface area (Å²) < 4.78 is 34.9. The van der Waals surface area contributed by atoms with Crippen LogP contribution in [0.5, 0.6) is 11.5 Å². The second kappa shape index (κ2) is 11.2. The lowest BCUT2D eigenvalue weighted by Crippen LogP contribution is -2.30. The first-order valence-corrected chi connectivity index (χ1v) is 11.9. The fourth-order valence-electron chi connectivity index (χ4n) is 3.80. The van der Waals surface area contributed by atoms with E-state index in [0.717, 1.165) is 11.1 Å². The first kappa shape index (κ1) is 25.8. The van der Waals surface area contributed by atoms with E-state index in [1.165, 1.54) is 47.2 Å². The number of hydrogen-bond donors (Lipinski definition) is 1. The number of carbonyl (C=O) groups excluding carboxylic acids is 1. The Morgan fingerprint density at radius 1 is 1.03 bits per heavy atom. The lowest BCUT2D eigenvalue weighted by Gasteiger charge is -2.17. The molecule has 1 atom stereocenters. The zero-order valence-corrected chi connectivity index (χ0v) is 20.8. The Hall–Kier alpha value is -4.33. The van der Waals surface area contributed by atoms with E-state index in [-0.39, 0.29) is 29.8 Å². The third-order valence-corrected chi connectivity index (χ3v) is 6.07. The molecule has 1 heterocycles. The molecule has 0 bridgehead atoms. The molecule has 0 aliphatic rings. The molecule has 1 amide bonds. The van der Waals surface area contributed by atoms with Gasteiger partial charge in [-0.1, -0.05) is 38.1 Å². The predicted molar refractivity (Wildman–Crippen MR) is 139 cm³/mol. The van der Waals surface area contributed by atoms with Crippen LogP contribution in [0.15, 0.2) is 77.7 Å². The maximum Gasteiger partial charge on any atom is 0.277 e. The van der Waals surface area contributed by atoms with Gasteiger partial charge in [-0.25, -0.2) is 13.8 Å². The molecule has 0 aliphatic carbocycles. The van der Waals surface area contributed by atoms with Crippen molar-refractivity contribution in [2.75, 3.05) is 5.32 Å². The zero-order chi connectivity index (χ0) is 26.5. The standard InChI is InChI=1S/C29H27F2N3O3/c1-4-18(2)28(35)33-26-16-32-27(25-8-6-5-7-19(25)3)34(29(26)36)17-20-13-22(31)15-24(14-20)37-23-11-9-21(30)10-12-23/h5-16,18H,4,17H2,1-3H3,(H,33,35)/t18-/m1/s1. The van der Waals surface area contributed by atoms with Crippen LogP contribution in [0.4, 0.5) is 14.5 Å². The minimum atomic E-state index is -0.561. The summed E-state index contributed by atoms with van der Waals surface area (Å²) in [7, 11) is 0. The Kier molecular flexibility index (Phi) is 7.77. The molecule has 0 saturated carbocycles. The summed E-state index contributed by atoms with van der Waals surface area (Å²) in [6, 6.07) is 17.0. The fourth-order valence-corrected chi connectivity index (χ4v) is 3.80. The minimum absolute atomic E-state index is 0.0277. The highest BCUT2D eigenvalue weighted by atomic mass is 19.1. The van der Waals surface area contributed by atoms with Gasteiger partial charge in [0.2, 0.25) is 5.91 Å². The van der Waals surface area contributed by atoms with Gasteiger partial charge in [-0.3, -0.25) is 14.2 Å². The number of aryl methyl sites for hydroxylation is 1. The van der Waals surface area contributed by atoms with Gasteiger partial charge in [0.25, 0.3) is 5.56 Å². The first-order chi connectivity index (χ1) is 17.7. The van der Waals surface area contributed by atoms with Crippen molar-refractivity contribution in [3.8, 4) is 22.9 Å². The van der Waals surface area contributed by atoms with Gasteiger partial charge in [0.05, 0.1) is 12.7 Å². The van der Waals surface area contributed by atoms with Crippen molar-refractivity contribution in [1.82, 2.24) is 9.55 Å². The van der Waals surface area contributed by atoms with E-state index in [1.54, 1.807) is 13.0 Å². The van der Waals surface area contributed by atoms with Crippen LogP contribution in [0.1, 0.15) is 31.4 Å². The number of aromatic nitrogens is 2. The number of carbonyl (C=O) groups is 1. The Bertz CT molecular complexity index is 1480. The van der Waals surface area contributed by atoms with E-state index >= 15 is 0 Å². The maximum absolute atomic E-state index is 14.6. The summed E-state index contributed by atoms with van der Waals surface area (Å²) >= 11 is 0. The Morgan fingerprint density at radius 3 is 2.46 bits per heavy atom. The van der Waals surface area contributed by atoms with Crippen molar-refractivity contribution in [2.45, 2.75) is 33.7 Å². The smallest absolute Gasteiger partial charge is 0.277 e.